The SMILES string of the molecule is C[Si]1[C@@H](c2ccccc2)C=C[C@H]1c1ccccc1. The lowest BCUT2D eigenvalue weighted by atomic mass is 10.1. The maximum Gasteiger partial charge on any atom is 0.0710 e. The predicted molar refractivity (Wildman–Crippen MR) is 79.1 cm³/mol. The summed E-state index contributed by atoms with van der Waals surface area (Å²) in [6.45, 7) is 2.46. The molecule has 0 unspecified atom stereocenters. The first-order valence-electron chi connectivity index (χ1n) is 6.48. The molecule has 0 aromatic heterocycles. The maximum absolute atomic E-state index is 2.46. The minimum Gasteiger partial charge on any atom is -0.0837 e. The van der Waals surface area contributed by atoms with Gasteiger partial charge in [0.15, 0.2) is 0 Å². The highest BCUT2D eigenvalue weighted by atomic mass is 28.3. The van der Waals surface area contributed by atoms with Gasteiger partial charge in [0.2, 0.25) is 0 Å². The molecule has 2 aromatic rings. The van der Waals surface area contributed by atoms with Crippen molar-refractivity contribution in [2.45, 2.75) is 17.6 Å². The minimum atomic E-state index is -0.450. The molecule has 0 spiro atoms. The first-order chi connectivity index (χ1) is 8.86. The van der Waals surface area contributed by atoms with Crippen LogP contribution in [0.2, 0.25) is 6.55 Å². The number of hydrogen-bond donors (Lipinski definition) is 0. The van der Waals surface area contributed by atoms with Crippen molar-refractivity contribution in [3.8, 4) is 0 Å². The number of hydrogen-bond acceptors (Lipinski definition) is 0. The topological polar surface area (TPSA) is 0 Å². The fourth-order valence-corrected chi connectivity index (χ4v) is 5.44. The zero-order chi connectivity index (χ0) is 12.4. The van der Waals surface area contributed by atoms with Crippen LogP contribution in [0, 0.1) is 0 Å². The van der Waals surface area contributed by atoms with Crippen LogP contribution in [0.3, 0.4) is 0 Å². The summed E-state index contributed by atoms with van der Waals surface area (Å²) in [4.78, 5) is 0. The van der Waals surface area contributed by atoms with Gasteiger partial charge in [0.05, 0.1) is 8.80 Å². The second-order valence-corrected chi connectivity index (χ2v) is 7.64. The molecular formula is C17H17Si. The van der Waals surface area contributed by atoms with Crippen molar-refractivity contribution >= 4 is 8.80 Å². The molecule has 0 bridgehead atoms. The molecule has 0 N–H and O–H groups in total. The second-order valence-electron chi connectivity index (χ2n) is 4.91. The van der Waals surface area contributed by atoms with Gasteiger partial charge in [0.1, 0.15) is 0 Å². The van der Waals surface area contributed by atoms with E-state index in [0.717, 1.165) is 0 Å². The van der Waals surface area contributed by atoms with Crippen molar-refractivity contribution < 1.29 is 0 Å². The van der Waals surface area contributed by atoms with E-state index in [1.807, 2.05) is 0 Å². The Morgan fingerprint density at radius 2 is 1.06 bits per heavy atom. The third kappa shape index (κ3) is 2.06. The highest BCUT2D eigenvalue weighted by molar-refractivity contribution is 6.63. The van der Waals surface area contributed by atoms with Crippen LogP contribution in [0.5, 0.6) is 0 Å². The molecule has 0 amide bonds. The number of rotatable bonds is 2. The van der Waals surface area contributed by atoms with Crippen LogP contribution in [0.15, 0.2) is 72.8 Å². The molecule has 2 aromatic carbocycles. The maximum atomic E-state index is 2.46. The molecule has 18 heavy (non-hydrogen) atoms. The van der Waals surface area contributed by atoms with Gasteiger partial charge in [-0.1, -0.05) is 79.4 Å². The van der Waals surface area contributed by atoms with Gasteiger partial charge < -0.3 is 0 Å². The van der Waals surface area contributed by atoms with Crippen molar-refractivity contribution in [2.75, 3.05) is 0 Å². The van der Waals surface area contributed by atoms with E-state index >= 15 is 0 Å². The summed E-state index contributed by atoms with van der Waals surface area (Å²) in [5.74, 6) is 0. The molecule has 1 radical (unpaired) electrons. The summed E-state index contributed by atoms with van der Waals surface area (Å²) in [7, 11) is -0.450. The number of allylic oxidation sites excluding steroid dienone is 2. The Morgan fingerprint density at radius 1 is 0.667 bits per heavy atom. The average Bonchev–Trinajstić information content (AvgIpc) is 2.83. The van der Waals surface area contributed by atoms with E-state index in [4.69, 9.17) is 0 Å². The van der Waals surface area contributed by atoms with Crippen LogP contribution in [-0.4, -0.2) is 8.80 Å². The summed E-state index contributed by atoms with van der Waals surface area (Å²) in [6, 6.07) is 21.8. The molecule has 3 rings (SSSR count). The second kappa shape index (κ2) is 4.95. The molecular weight excluding hydrogens is 232 g/mol. The van der Waals surface area contributed by atoms with Gasteiger partial charge in [0, 0.05) is 0 Å². The molecule has 89 valence electrons. The lowest BCUT2D eigenvalue weighted by Crippen LogP contribution is -2.21. The zero-order valence-electron chi connectivity index (χ0n) is 10.6. The minimum absolute atomic E-state index is 0.450. The number of benzene rings is 2. The van der Waals surface area contributed by atoms with Crippen molar-refractivity contribution in [3.05, 3.63) is 83.9 Å². The van der Waals surface area contributed by atoms with Crippen molar-refractivity contribution in [1.82, 2.24) is 0 Å². The standard InChI is InChI=1S/C17H17Si/c1-18-16(14-8-4-2-5-9-14)12-13-17(18)15-10-6-3-7-11-15/h2-13,16-17H,1H3/t16-,17+. The third-order valence-electron chi connectivity index (χ3n) is 3.79. The monoisotopic (exact) mass is 249 g/mol. The Bertz CT molecular complexity index is 481. The Hall–Kier alpha value is -1.60. The molecule has 1 heterocycles. The molecule has 1 aliphatic rings. The van der Waals surface area contributed by atoms with Crippen LogP contribution in [-0.2, 0) is 0 Å². The smallest absolute Gasteiger partial charge is 0.0710 e. The summed E-state index contributed by atoms with van der Waals surface area (Å²) in [5, 5.41) is 0. The average molecular weight is 249 g/mol. The van der Waals surface area contributed by atoms with Crippen LogP contribution >= 0.6 is 0 Å². The van der Waals surface area contributed by atoms with Gasteiger partial charge >= 0.3 is 0 Å². The first-order valence-corrected chi connectivity index (χ1v) is 8.63. The Labute approximate surface area is 111 Å². The lowest BCUT2D eigenvalue weighted by molar-refractivity contribution is 1.14. The summed E-state index contributed by atoms with van der Waals surface area (Å²) in [6.07, 6.45) is 4.84. The highest BCUT2D eigenvalue weighted by Gasteiger charge is 2.31. The summed E-state index contributed by atoms with van der Waals surface area (Å²) >= 11 is 0. The van der Waals surface area contributed by atoms with Gasteiger partial charge in [0.25, 0.3) is 0 Å². The first kappa shape index (κ1) is 11.5. The van der Waals surface area contributed by atoms with Gasteiger partial charge in [-0.3, -0.25) is 0 Å². The molecule has 0 fully saturated rings. The van der Waals surface area contributed by atoms with E-state index in [1.54, 1.807) is 0 Å². The molecule has 0 nitrogen and oxygen atoms in total. The van der Waals surface area contributed by atoms with Gasteiger partial charge in [-0.2, -0.15) is 0 Å². The van der Waals surface area contributed by atoms with Crippen molar-refractivity contribution in [2.24, 2.45) is 0 Å². The molecule has 0 aliphatic carbocycles. The molecule has 1 aliphatic heterocycles. The fourth-order valence-electron chi connectivity index (χ4n) is 2.79. The third-order valence-corrected chi connectivity index (χ3v) is 6.81. The largest absolute Gasteiger partial charge is 0.0837 e. The van der Waals surface area contributed by atoms with Gasteiger partial charge in [-0.05, 0) is 22.2 Å². The fraction of sp³-hybridized carbons (Fsp3) is 0.176. The van der Waals surface area contributed by atoms with E-state index in [1.165, 1.54) is 11.1 Å². The van der Waals surface area contributed by atoms with E-state index < -0.39 is 8.80 Å². The van der Waals surface area contributed by atoms with Gasteiger partial charge in [-0.15, -0.1) is 0 Å². The van der Waals surface area contributed by atoms with Crippen molar-refractivity contribution in [1.29, 1.82) is 0 Å². The summed E-state index contributed by atoms with van der Waals surface area (Å²) in [5.41, 5.74) is 4.26. The van der Waals surface area contributed by atoms with Crippen LogP contribution in [0.1, 0.15) is 22.2 Å². The summed E-state index contributed by atoms with van der Waals surface area (Å²) < 4.78 is 0. The molecule has 0 saturated heterocycles. The quantitative estimate of drug-likeness (QED) is 0.549. The van der Waals surface area contributed by atoms with Crippen LogP contribution in [0.4, 0.5) is 0 Å². The Kier molecular flexibility index (Phi) is 3.16. The predicted octanol–water partition coefficient (Wildman–Crippen LogP) is 4.33. The lowest BCUT2D eigenvalue weighted by Gasteiger charge is -2.20. The normalized spacial score (nSPS) is 23.4. The van der Waals surface area contributed by atoms with E-state index in [0.29, 0.717) is 11.1 Å². The Morgan fingerprint density at radius 3 is 1.44 bits per heavy atom. The van der Waals surface area contributed by atoms with E-state index in [9.17, 15) is 0 Å². The molecule has 1 heteroatoms. The molecule has 0 saturated carbocycles. The van der Waals surface area contributed by atoms with Crippen LogP contribution in [0.25, 0.3) is 0 Å². The van der Waals surface area contributed by atoms with Crippen LogP contribution < -0.4 is 0 Å². The van der Waals surface area contributed by atoms with Gasteiger partial charge in [-0.25, -0.2) is 0 Å². The van der Waals surface area contributed by atoms with Crippen molar-refractivity contribution in [3.63, 3.8) is 0 Å². The van der Waals surface area contributed by atoms with E-state index in [-0.39, 0.29) is 0 Å². The highest BCUT2D eigenvalue weighted by Crippen LogP contribution is 2.36. The van der Waals surface area contributed by atoms with E-state index in [2.05, 4.69) is 79.4 Å². The molecule has 2 atom stereocenters. The zero-order valence-corrected chi connectivity index (χ0v) is 11.6. The Balaban J connectivity index is 1.86.